The highest BCUT2D eigenvalue weighted by Crippen LogP contribution is 2.26. The van der Waals surface area contributed by atoms with Crippen molar-refractivity contribution < 1.29 is 13.6 Å². The Labute approximate surface area is 220 Å². The van der Waals surface area contributed by atoms with E-state index in [9.17, 15) is 18.4 Å². The number of nitrogens with zero attached hydrogens (tertiary/aromatic N) is 6. The second-order valence-electron chi connectivity index (χ2n) is 8.55. The molecule has 194 valence electrons. The number of benzene rings is 2. The van der Waals surface area contributed by atoms with E-state index in [-0.39, 0.29) is 30.6 Å². The Hall–Kier alpha value is -3.51. The summed E-state index contributed by atoms with van der Waals surface area (Å²) in [4.78, 5) is 30.5. The van der Waals surface area contributed by atoms with Gasteiger partial charge >= 0.3 is 5.69 Å². The van der Waals surface area contributed by atoms with E-state index in [2.05, 4.69) is 15.2 Å². The van der Waals surface area contributed by atoms with Crippen molar-refractivity contribution in [2.75, 3.05) is 6.26 Å². The summed E-state index contributed by atoms with van der Waals surface area (Å²) >= 11 is 7.45. The first kappa shape index (κ1) is 26.6. The van der Waals surface area contributed by atoms with E-state index in [0.717, 1.165) is 22.1 Å². The van der Waals surface area contributed by atoms with Crippen LogP contribution in [-0.4, -0.2) is 47.2 Å². The van der Waals surface area contributed by atoms with Gasteiger partial charge in [-0.1, -0.05) is 17.7 Å². The number of alkyl halides is 2. The number of aromatic nitrogens is 6. The first-order valence-electron chi connectivity index (χ1n) is 11.2. The third-order valence-corrected chi connectivity index (χ3v) is 6.54. The summed E-state index contributed by atoms with van der Waals surface area (Å²) in [6.45, 7) is 2.28. The van der Waals surface area contributed by atoms with Gasteiger partial charge in [0.25, 0.3) is 5.91 Å². The summed E-state index contributed by atoms with van der Waals surface area (Å²) in [7, 11) is 0. The van der Waals surface area contributed by atoms with Crippen LogP contribution in [0.4, 0.5) is 8.78 Å². The molecule has 0 spiro atoms. The number of aryl methyl sites for hydroxylation is 1. The van der Waals surface area contributed by atoms with Crippen molar-refractivity contribution in [2.24, 2.45) is 5.73 Å². The van der Waals surface area contributed by atoms with Crippen LogP contribution in [0.15, 0.2) is 52.2 Å². The molecule has 0 aliphatic rings. The van der Waals surface area contributed by atoms with E-state index >= 15 is 0 Å². The van der Waals surface area contributed by atoms with Gasteiger partial charge in [-0.3, -0.25) is 9.36 Å². The minimum Gasteiger partial charge on any atom is -0.363 e. The van der Waals surface area contributed by atoms with E-state index in [1.54, 1.807) is 30.3 Å². The lowest BCUT2D eigenvalue weighted by molar-refractivity contribution is 0.00854. The average Bonchev–Trinajstić information content (AvgIpc) is 3.39. The molecule has 0 unspecified atom stereocenters. The van der Waals surface area contributed by atoms with Crippen LogP contribution >= 0.6 is 23.4 Å². The van der Waals surface area contributed by atoms with Gasteiger partial charge in [-0.05, 0) is 62.1 Å². The Kier molecular flexibility index (Phi) is 7.51. The molecule has 0 saturated carbocycles. The summed E-state index contributed by atoms with van der Waals surface area (Å²) in [5.74, 6) is -3.57. The zero-order valence-electron chi connectivity index (χ0n) is 20.3. The highest BCUT2D eigenvalue weighted by Gasteiger charge is 2.25. The van der Waals surface area contributed by atoms with E-state index in [1.807, 2.05) is 25.3 Å². The zero-order valence-corrected chi connectivity index (χ0v) is 21.9. The molecule has 1 amide bonds. The number of carbonyl (C=O) groups is 1. The summed E-state index contributed by atoms with van der Waals surface area (Å²) in [6.07, 6.45) is 1.34. The average molecular weight is 548 g/mol. The van der Waals surface area contributed by atoms with Gasteiger partial charge in [-0.25, -0.2) is 27.9 Å². The topological polar surface area (TPSA) is 114 Å². The first-order chi connectivity index (χ1) is 17.5. The minimum absolute atomic E-state index is 0.106. The summed E-state index contributed by atoms with van der Waals surface area (Å²) < 4.78 is 30.8. The molecule has 2 N–H and O–H groups in total. The number of hydrogen-bond donors (Lipinski definition) is 1. The zero-order chi connectivity index (χ0) is 26.9. The SMILES string of the molecule is CSc1cc(C)ccc1-n1nc(Cn2nc(-c3ccc(Cl)cc3)n(CCC(C)(F)F)c2=O)nc1C(N)=O. The van der Waals surface area contributed by atoms with Gasteiger partial charge in [0, 0.05) is 28.4 Å². The van der Waals surface area contributed by atoms with Crippen molar-refractivity contribution in [3.8, 4) is 17.1 Å². The molecule has 0 saturated heterocycles. The molecular weight excluding hydrogens is 524 g/mol. The Bertz CT molecular complexity index is 1510. The third kappa shape index (κ3) is 5.91. The van der Waals surface area contributed by atoms with E-state index < -0.39 is 23.9 Å². The summed E-state index contributed by atoms with van der Waals surface area (Å²) in [5.41, 5.74) is 7.11. The first-order valence-corrected chi connectivity index (χ1v) is 12.8. The van der Waals surface area contributed by atoms with Crippen molar-refractivity contribution in [1.82, 2.24) is 29.1 Å². The Morgan fingerprint density at radius 3 is 2.49 bits per heavy atom. The van der Waals surface area contributed by atoms with Gasteiger partial charge in [0.2, 0.25) is 11.7 Å². The molecule has 0 aliphatic heterocycles. The normalized spacial score (nSPS) is 11.7. The van der Waals surface area contributed by atoms with E-state index in [0.29, 0.717) is 16.3 Å². The molecule has 2 aromatic carbocycles. The highest BCUT2D eigenvalue weighted by atomic mass is 35.5. The van der Waals surface area contributed by atoms with Crippen molar-refractivity contribution >= 4 is 29.3 Å². The van der Waals surface area contributed by atoms with Crippen LogP contribution in [0.5, 0.6) is 0 Å². The Morgan fingerprint density at radius 1 is 1.16 bits per heavy atom. The van der Waals surface area contributed by atoms with Crippen LogP contribution in [0, 0.1) is 6.92 Å². The van der Waals surface area contributed by atoms with Crippen LogP contribution in [0.3, 0.4) is 0 Å². The number of carbonyl (C=O) groups excluding carboxylic acids is 1. The second kappa shape index (κ2) is 10.5. The Balaban J connectivity index is 1.77. The smallest absolute Gasteiger partial charge is 0.346 e. The molecule has 0 fully saturated rings. The van der Waals surface area contributed by atoms with Gasteiger partial charge < -0.3 is 5.73 Å². The van der Waals surface area contributed by atoms with Gasteiger partial charge in [0.15, 0.2) is 11.6 Å². The molecule has 2 aromatic heterocycles. The molecule has 2 heterocycles. The fraction of sp³-hybridized carbons (Fsp3) is 0.292. The number of thioether (sulfide) groups is 1. The fourth-order valence-corrected chi connectivity index (χ4v) is 4.50. The van der Waals surface area contributed by atoms with Crippen LogP contribution < -0.4 is 11.4 Å². The second-order valence-corrected chi connectivity index (χ2v) is 9.83. The van der Waals surface area contributed by atoms with Crippen LogP contribution in [0.25, 0.3) is 17.1 Å². The predicted molar refractivity (Wildman–Crippen MR) is 138 cm³/mol. The number of rotatable bonds is 9. The largest absolute Gasteiger partial charge is 0.363 e. The monoisotopic (exact) mass is 547 g/mol. The lowest BCUT2D eigenvalue weighted by Gasteiger charge is -2.11. The molecular formula is C24H24ClF2N7O2S. The predicted octanol–water partition coefficient (Wildman–Crippen LogP) is 4.17. The van der Waals surface area contributed by atoms with Crippen LogP contribution in [0.1, 0.15) is 35.4 Å². The molecule has 0 aliphatic carbocycles. The van der Waals surface area contributed by atoms with Gasteiger partial charge in [-0.2, -0.15) is 0 Å². The number of hydrogen-bond acceptors (Lipinski definition) is 6. The minimum atomic E-state index is -2.97. The maximum atomic E-state index is 13.6. The molecule has 0 bridgehead atoms. The number of nitrogens with two attached hydrogens (primary N) is 1. The van der Waals surface area contributed by atoms with Crippen LogP contribution in [0.2, 0.25) is 5.02 Å². The third-order valence-electron chi connectivity index (χ3n) is 5.53. The van der Waals surface area contributed by atoms with Gasteiger partial charge in [0.1, 0.15) is 6.54 Å². The molecule has 4 aromatic rings. The quantitative estimate of drug-likeness (QED) is 0.315. The highest BCUT2D eigenvalue weighted by molar-refractivity contribution is 7.98. The maximum Gasteiger partial charge on any atom is 0.346 e. The number of primary amides is 1. The lowest BCUT2D eigenvalue weighted by atomic mass is 10.2. The molecule has 4 rings (SSSR count). The molecule has 37 heavy (non-hydrogen) atoms. The van der Waals surface area contributed by atoms with Crippen molar-refractivity contribution in [1.29, 1.82) is 0 Å². The lowest BCUT2D eigenvalue weighted by Crippen LogP contribution is -2.28. The van der Waals surface area contributed by atoms with E-state index in [4.69, 9.17) is 17.3 Å². The molecule has 13 heteroatoms. The number of amides is 1. The summed E-state index contributed by atoms with van der Waals surface area (Å²) in [6, 6.07) is 12.1. The molecule has 0 atom stereocenters. The standard InChI is InChI=1S/C24H24ClF2N7O2S/c1-14-4-9-17(18(12-14)37-3)34-22(20(28)35)29-19(30-34)13-33-23(36)32(11-10-24(2,26)27)21(31-33)15-5-7-16(25)8-6-15/h4-9,12H,10-11,13H2,1-3H3,(H2,28,35). The van der Waals surface area contributed by atoms with Crippen molar-refractivity contribution in [3.05, 3.63) is 75.2 Å². The summed E-state index contributed by atoms with van der Waals surface area (Å²) in [5, 5.41) is 9.29. The van der Waals surface area contributed by atoms with Crippen molar-refractivity contribution in [3.63, 3.8) is 0 Å². The Morgan fingerprint density at radius 2 is 1.86 bits per heavy atom. The van der Waals surface area contributed by atoms with Gasteiger partial charge in [-0.15, -0.1) is 22.0 Å². The molecule has 0 radical (unpaired) electrons. The van der Waals surface area contributed by atoms with E-state index in [1.165, 1.54) is 21.0 Å². The van der Waals surface area contributed by atoms with Gasteiger partial charge in [0.05, 0.1) is 5.69 Å². The van der Waals surface area contributed by atoms with Crippen molar-refractivity contribution in [2.45, 2.75) is 44.2 Å². The maximum absolute atomic E-state index is 13.6. The number of halogens is 3. The van der Waals surface area contributed by atoms with Crippen LogP contribution in [-0.2, 0) is 13.1 Å². The molecule has 9 nitrogen and oxygen atoms in total. The fourth-order valence-electron chi connectivity index (χ4n) is 3.71.